The summed E-state index contributed by atoms with van der Waals surface area (Å²) < 4.78 is 20.7. The Morgan fingerprint density at radius 3 is 3.04 bits per heavy atom. The van der Waals surface area contributed by atoms with Crippen LogP contribution in [0, 0.1) is 17.2 Å². The number of halogens is 1. The second kappa shape index (κ2) is 5.27. The lowest BCUT2D eigenvalue weighted by atomic mass is 9.74. The van der Waals surface area contributed by atoms with Gasteiger partial charge in [0.15, 0.2) is 0 Å². The van der Waals surface area contributed by atoms with E-state index in [1.807, 2.05) is 0 Å². The second-order valence-corrected chi connectivity index (χ2v) is 6.42. The Bertz CT molecular complexity index is 836. The smallest absolute Gasteiger partial charge is 0.290 e. The van der Waals surface area contributed by atoms with Crippen LogP contribution in [0.15, 0.2) is 24.5 Å². The maximum atomic E-state index is 13.8. The lowest BCUT2D eigenvalue weighted by molar-refractivity contribution is -0.135. The molecule has 2 aliphatic heterocycles. The van der Waals surface area contributed by atoms with Crippen LogP contribution in [0.4, 0.5) is 4.39 Å². The van der Waals surface area contributed by atoms with E-state index in [0.29, 0.717) is 26.2 Å². The molecule has 0 spiro atoms. The number of likely N-dealkylation sites (tertiary alicyclic amines) is 1. The first-order valence-corrected chi connectivity index (χ1v) is 7.81. The molecule has 4 rings (SSSR count). The van der Waals surface area contributed by atoms with Gasteiger partial charge >= 0.3 is 0 Å². The highest BCUT2D eigenvalue weighted by Gasteiger charge is 2.54. The van der Waals surface area contributed by atoms with E-state index in [2.05, 4.69) is 4.98 Å². The van der Waals surface area contributed by atoms with Crippen LogP contribution >= 0.6 is 0 Å². The lowest BCUT2D eigenvalue weighted by Gasteiger charge is -2.34. The molecule has 7 nitrogen and oxygen atoms in total. The molecule has 4 heterocycles. The zero-order chi connectivity index (χ0) is 16.9. The minimum Gasteiger partial charge on any atom is -0.381 e. The Morgan fingerprint density at radius 1 is 1.46 bits per heavy atom. The van der Waals surface area contributed by atoms with Gasteiger partial charge in [-0.2, -0.15) is 0 Å². The molecule has 0 radical (unpaired) electrons. The number of nitrogens with two attached hydrogens (primary N) is 1. The average Bonchev–Trinajstić information content (AvgIpc) is 3.17. The summed E-state index contributed by atoms with van der Waals surface area (Å²) in [6.45, 7) is 1.49. The van der Waals surface area contributed by atoms with Crippen LogP contribution in [0.25, 0.3) is 5.52 Å². The first kappa shape index (κ1) is 15.1. The minimum atomic E-state index is -0.744. The fourth-order valence-electron chi connectivity index (χ4n) is 3.79. The number of carbonyl (C=O) groups excluding carboxylic acids is 2. The standard InChI is InChI=1S/C16H17FN4O3/c17-11-2-1-4-21-12(11)6-19-13(21)14(22)20-7-10-8-24-5-3-16(10,9-20)15(18)23/h1-2,4,6,10H,3,5,7-9H2,(H2,18,23)/t10-,16+/m1/s1. The molecule has 2 N–H and O–H groups in total. The molecule has 2 atom stereocenters. The number of carbonyl (C=O) groups is 2. The average molecular weight is 332 g/mol. The first-order valence-electron chi connectivity index (χ1n) is 7.81. The molecule has 0 unspecified atom stereocenters. The number of hydrogen-bond donors (Lipinski definition) is 1. The van der Waals surface area contributed by atoms with E-state index in [1.165, 1.54) is 22.7 Å². The molecule has 2 aliphatic rings. The Kier molecular flexibility index (Phi) is 3.31. The summed E-state index contributed by atoms with van der Waals surface area (Å²) in [5.41, 5.74) is 5.13. The fraction of sp³-hybridized carbons (Fsp3) is 0.438. The van der Waals surface area contributed by atoms with Crippen molar-refractivity contribution in [1.82, 2.24) is 14.3 Å². The van der Waals surface area contributed by atoms with Gasteiger partial charge in [-0.05, 0) is 18.6 Å². The van der Waals surface area contributed by atoms with E-state index in [4.69, 9.17) is 10.5 Å². The van der Waals surface area contributed by atoms with Crippen molar-refractivity contribution in [2.24, 2.45) is 17.1 Å². The lowest BCUT2D eigenvalue weighted by Crippen LogP contribution is -2.48. The summed E-state index contributed by atoms with van der Waals surface area (Å²) in [6.07, 6.45) is 3.43. The fourth-order valence-corrected chi connectivity index (χ4v) is 3.79. The molecule has 0 bridgehead atoms. The summed E-state index contributed by atoms with van der Waals surface area (Å²) in [4.78, 5) is 30.5. The zero-order valence-electron chi connectivity index (χ0n) is 12.9. The van der Waals surface area contributed by atoms with Gasteiger partial charge in [0.25, 0.3) is 5.91 Å². The van der Waals surface area contributed by atoms with E-state index in [1.54, 1.807) is 11.1 Å². The van der Waals surface area contributed by atoms with E-state index >= 15 is 0 Å². The summed E-state index contributed by atoms with van der Waals surface area (Å²) in [5, 5.41) is 0. The highest BCUT2D eigenvalue weighted by molar-refractivity contribution is 5.93. The van der Waals surface area contributed by atoms with Crippen molar-refractivity contribution < 1.29 is 18.7 Å². The van der Waals surface area contributed by atoms with Gasteiger partial charge in [-0.15, -0.1) is 0 Å². The molecule has 2 fully saturated rings. The largest absolute Gasteiger partial charge is 0.381 e. The number of ether oxygens (including phenoxy) is 1. The van der Waals surface area contributed by atoms with Crippen molar-refractivity contribution in [2.75, 3.05) is 26.3 Å². The number of imidazole rings is 1. The van der Waals surface area contributed by atoms with Gasteiger partial charge < -0.3 is 15.4 Å². The zero-order valence-corrected chi connectivity index (χ0v) is 12.9. The van der Waals surface area contributed by atoms with Crippen LogP contribution in [-0.4, -0.2) is 52.4 Å². The third-order valence-corrected chi connectivity index (χ3v) is 5.20. The number of hydrogen-bond acceptors (Lipinski definition) is 4. The quantitative estimate of drug-likeness (QED) is 0.864. The monoisotopic (exact) mass is 332 g/mol. The number of pyridine rings is 1. The van der Waals surface area contributed by atoms with Gasteiger partial charge in [-0.25, -0.2) is 9.37 Å². The van der Waals surface area contributed by atoms with Crippen LogP contribution in [0.5, 0.6) is 0 Å². The topological polar surface area (TPSA) is 89.9 Å². The molecule has 2 saturated heterocycles. The predicted octanol–water partition coefficient (Wildman–Crippen LogP) is 0.437. The molecule has 0 aromatic carbocycles. The summed E-state index contributed by atoms with van der Waals surface area (Å²) in [5.74, 6) is -1.17. The number of rotatable bonds is 2. The third kappa shape index (κ3) is 2.02. The van der Waals surface area contributed by atoms with Gasteiger partial charge in [0.05, 0.1) is 18.2 Å². The van der Waals surface area contributed by atoms with Crippen LogP contribution in [-0.2, 0) is 9.53 Å². The normalized spacial score (nSPS) is 26.5. The van der Waals surface area contributed by atoms with Crippen molar-refractivity contribution in [3.63, 3.8) is 0 Å². The number of fused-ring (bicyclic) bond motifs is 2. The number of amides is 2. The van der Waals surface area contributed by atoms with E-state index < -0.39 is 17.1 Å². The van der Waals surface area contributed by atoms with Gasteiger partial charge in [0.2, 0.25) is 11.7 Å². The number of primary amides is 1. The van der Waals surface area contributed by atoms with Crippen LogP contribution < -0.4 is 5.73 Å². The Balaban J connectivity index is 1.68. The van der Waals surface area contributed by atoms with Gasteiger partial charge in [-0.3, -0.25) is 14.0 Å². The first-order chi connectivity index (χ1) is 11.5. The minimum absolute atomic E-state index is 0.115. The molecule has 2 amide bonds. The number of nitrogens with zero attached hydrogens (tertiary/aromatic N) is 3. The third-order valence-electron chi connectivity index (χ3n) is 5.20. The molecular weight excluding hydrogens is 315 g/mol. The molecule has 2 aromatic rings. The second-order valence-electron chi connectivity index (χ2n) is 6.42. The van der Waals surface area contributed by atoms with Crippen molar-refractivity contribution in [3.05, 3.63) is 36.2 Å². The van der Waals surface area contributed by atoms with Crippen molar-refractivity contribution in [1.29, 1.82) is 0 Å². The highest BCUT2D eigenvalue weighted by atomic mass is 19.1. The SMILES string of the molecule is NC(=O)[C@]12CCOC[C@H]1CN(C(=O)c1ncc3c(F)cccn13)C2. The molecule has 8 heteroatoms. The van der Waals surface area contributed by atoms with Gasteiger partial charge in [-0.1, -0.05) is 0 Å². The van der Waals surface area contributed by atoms with Crippen LogP contribution in [0.1, 0.15) is 17.0 Å². The van der Waals surface area contributed by atoms with Gasteiger partial charge in [0.1, 0.15) is 11.3 Å². The summed E-state index contributed by atoms with van der Waals surface area (Å²) >= 11 is 0. The van der Waals surface area contributed by atoms with Crippen LogP contribution in [0.2, 0.25) is 0 Å². The molecule has 126 valence electrons. The summed E-state index contributed by atoms with van der Waals surface area (Å²) in [7, 11) is 0. The highest BCUT2D eigenvalue weighted by Crippen LogP contribution is 2.42. The van der Waals surface area contributed by atoms with Gasteiger partial charge in [0, 0.05) is 31.8 Å². The molecule has 2 aromatic heterocycles. The maximum absolute atomic E-state index is 13.8. The van der Waals surface area contributed by atoms with E-state index in [9.17, 15) is 14.0 Å². The van der Waals surface area contributed by atoms with E-state index in [-0.39, 0.29) is 29.7 Å². The summed E-state index contributed by atoms with van der Waals surface area (Å²) in [6, 6.07) is 2.83. The van der Waals surface area contributed by atoms with Crippen molar-refractivity contribution in [3.8, 4) is 0 Å². The molecular formula is C16H17FN4O3. The predicted molar refractivity (Wildman–Crippen MR) is 81.6 cm³/mol. The Morgan fingerprint density at radius 2 is 2.29 bits per heavy atom. The maximum Gasteiger partial charge on any atom is 0.290 e. The molecule has 0 saturated carbocycles. The Labute approximate surface area is 137 Å². The Hall–Kier alpha value is -2.48. The van der Waals surface area contributed by atoms with Crippen molar-refractivity contribution >= 4 is 17.3 Å². The molecule has 24 heavy (non-hydrogen) atoms. The van der Waals surface area contributed by atoms with E-state index in [0.717, 1.165) is 0 Å². The number of aromatic nitrogens is 2. The van der Waals surface area contributed by atoms with Crippen molar-refractivity contribution in [2.45, 2.75) is 6.42 Å². The van der Waals surface area contributed by atoms with Crippen LogP contribution in [0.3, 0.4) is 0 Å². The molecule has 0 aliphatic carbocycles.